The van der Waals surface area contributed by atoms with E-state index in [4.69, 9.17) is 16.3 Å². The summed E-state index contributed by atoms with van der Waals surface area (Å²) in [4.78, 5) is 11.0. The molecule has 21 heavy (non-hydrogen) atoms. The number of carbonyl (C=O) groups is 1. The maximum absolute atomic E-state index is 11.0. The smallest absolute Gasteiger partial charge is 0.150 e. The van der Waals surface area contributed by atoms with E-state index in [1.807, 2.05) is 36.0 Å². The number of halogens is 1. The van der Waals surface area contributed by atoms with Gasteiger partial charge in [-0.3, -0.25) is 4.79 Å². The third kappa shape index (κ3) is 4.80. The summed E-state index contributed by atoms with van der Waals surface area (Å²) in [5.74, 6) is 2.79. The van der Waals surface area contributed by atoms with Crippen LogP contribution in [0, 0.1) is 0 Å². The van der Waals surface area contributed by atoms with Crippen molar-refractivity contribution in [2.75, 3.05) is 12.9 Å². The molecule has 0 aliphatic heterocycles. The van der Waals surface area contributed by atoms with Gasteiger partial charge < -0.3 is 4.74 Å². The van der Waals surface area contributed by atoms with Crippen LogP contribution in [0.4, 0.5) is 0 Å². The Morgan fingerprint density at radius 2 is 1.95 bits per heavy atom. The summed E-state index contributed by atoms with van der Waals surface area (Å²) < 4.78 is 5.14. The Hall–Kier alpha value is -1.45. The van der Waals surface area contributed by atoms with E-state index < -0.39 is 0 Å². The van der Waals surface area contributed by atoms with Crippen molar-refractivity contribution < 1.29 is 9.53 Å². The SMILES string of the molecule is COc1ccc(CSCCc2ccc(Cl)cc2C=O)cc1. The van der Waals surface area contributed by atoms with E-state index in [2.05, 4.69) is 12.1 Å². The van der Waals surface area contributed by atoms with Crippen LogP contribution in [0.25, 0.3) is 0 Å². The van der Waals surface area contributed by atoms with Crippen molar-refractivity contribution >= 4 is 29.6 Å². The summed E-state index contributed by atoms with van der Waals surface area (Å²) in [5, 5.41) is 0.603. The van der Waals surface area contributed by atoms with E-state index in [0.29, 0.717) is 10.6 Å². The topological polar surface area (TPSA) is 26.3 Å². The van der Waals surface area contributed by atoms with E-state index in [-0.39, 0.29) is 0 Å². The number of benzene rings is 2. The van der Waals surface area contributed by atoms with E-state index in [1.165, 1.54) is 5.56 Å². The number of aldehydes is 1. The first-order valence-corrected chi connectivity index (χ1v) is 8.20. The van der Waals surface area contributed by atoms with Gasteiger partial charge in [0.15, 0.2) is 0 Å². The standard InChI is InChI=1S/C17H17ClO2S/c1-20-17-6-2-13(3-7-17)12-21-9-8-14-4-5-16(18)10-15(14)11-19/h2-7,10-11H,8-9,12H2,1H3. The van der Waals surface area contributed by atoms with Crippen molar-refractivity contribution in [2.24, 2.45) is 0 Å². The Kier molecular flexibility index (Phi) is 6.15. The molecule has 0 atom stereocenters. The van der Waals surface area contributed by atoms with Gasteiger partial charge in [-0.25, -0.2) is 0 Å². The van der Waals surface area contributed by atoms with Crippen LogP contribution in [-0.4, -0.2) is 19.1 Å². The lowest BCUT2D eigenvalue weighted by molar-refractivity contribution is 0.112. The lowest BCUT2D eigenvalue weighted by atomic mass is 10.1. The lowest BCUT2D eigenvalue weighted by Gasteiger charge is -2.06. The van der Waals surface area contributed by atoms with E-state index in [1.54, 1.807) is 13.2 Å². The molecule has 2 nitrogen and oxygen atoms in total. The average molecular weight is 321 g/mol. The predicted molar refractivity (Wildman–Crippen MR) is 89.7 cm³/mol. The van der Waals surface area contributed by atoms with Gasteiger partial charge in [-0.1, -0.05) is 29.8 Å². The molecule has 0 aliphatic carbocycles. The normalized spacial score (nSPS) is 10.4. The van der Waals surface area contributed by atoms with Crippen molar-refractivity contribution in [3.8, 4) is 5.75 Å². The second-order valence-corrected chi connectivity index (χ2v) is 6.15. The Bertz CT molecular complexity index is 596. The molecular weight excluding hydrogens is 304 g/mol. The zero-order chi connectivity index (χ0) is 15.1. The van der Waals surface area contributed by atoms with Crippen molar-refractivity contribution in [2.45, 2.75) is 12.2 Å². The second-order valence-electron chi connectivity index (χ2n) is 4.61. The second kappa shape index (κ2) is 8.11. The van der Waals surface area contributed by atoms with Gasteiger partial charge in [0.25, 0.3) is 0 Å². The number of aryl methyl sites for hydroxylation is 1. The minimum absolute atomic E-state index is 0.603. The van der Waals surface area contributed by atoms with Crippen LogP contribution in [0.15, 0.2) is 42.5 Å². The Balaban J connectivity index is 1.82. The molecule has 2 aromatic carbocycles. The number of rotatable bonds is 7. The number of ether oxygens (including phenoxy) is 1. The van der Waals surface area contributed by atoms with Crippen LogP contribution in [0.5, 0.6) is 5.75 Å². The maximum atomic E-state index is 11.0. The van der Waals surface area contributed by atoms with Gasteiger partial charge in [-0.15, -0.1) is 0 Å². The summed E-state index contributed by atoms with van der Waals surface area (Å²) in [7, 11) is 1.67. The molecular formula is C17H17ClO2S. The fourth-order valence-corrected chi connectivity index (χ4v) is 3.11. The molecule has 0 saturated heterocycles. The van der Waals surface area contributed by atoms with Crippen molar-refractivity contribution in [1.29, 1.82) is 0 Å². The summed E-state index contributed by atoms with van der Waals surface area (Å²) >= 11 is 7.74. The highest BCUT2D eigenvalue weighted by atomic mass is 35.5. The van der Waals surface area contributed by atoms with Crippen LogP contribution in [0.2, 0.25) is 5.02 Å². The number of methoxy groups -OCH3 is 1. The van der Waals surface area contributed by atoms with Gasteiger partial charge in [-0.05, 0) is 47.6 Å². The summed E-state index contributed by atoms with van der Waals surface area (Å²) in [6.45, 7) is 0. The first-order valence-electron chi connectivity index (χ1n) is 6.67. The molecule has 0 bridgehead atoms. The zero-order valence-corrected chi connectivity index (χ0v) is 13.4. The Labute approximate surface area is 134 Å². The zero-order valence-electron chi connectivity index (χ0n) is 11.8. The molecule has 0 unspecified atom stereocenters. The van der Waals surface area contributed by atoms with Gasteiger partial charge >= 0.3 is 0 Å². The van der Waals surface area contributed by atoms with Gasteiger partial charge in [0.1, 0.15) is 12.0 Å². The molecule has 0 heterocycles. The fraction of sp³-hybridized carbons (Fsp3) is 0.235. The predicted octanol–water partition coefficient (Wildman–Crippen LogP) is 4.64. The van der Waals surface area contributed by atoms with Gasteiger partial charge in [-0.2, -0.15) is 11.8 Å². The molecule has 0 aromatic heterocycles. The van der Waals surface area contributed by atoms with Gasteiger partial charge in [0.2, 0.25) is 0 Å². The van der Waals surface area contributed by atoms with Gasteiger partial charge in [0, 0.05) is 16.3 Å². The van der Waals surface area contributed by atoms with Crippen LogP contribution < -0.4 is 4.74 Å². The molecule has 0 saturated carbocycles. The first kappa shape index (κ1) is 15.9. The molecule has 4 heteroatoms. The van der Waals surface area contributed by atoms with Crippen molar-refractivity contribution in [3.05, 3.63) is 64.2 Å². The number of hydrogen-bond donors (Lipinski definition) is 0. The molecule has 2 aromatic rings. The highest BCUT2D eigenvalue weighted by Crippen LogP contribution is 2.20. The fourth-order valence-electron chi connectivity index (χ4n) is 2.00. The molecule has 110 valence electrons. The molecule has 0 amide bonds. The van der Waals surface area contributed by atoms with Crippen LogP contribution in [-0.2, 0) is 12.2 Å². The molecule has 0 fully saturated rings. The van der Waals surface area contributed by atoms with Gasteiger partial charge in [0.05, 0.1) is 7.11 Å². The van der Waals surface area contributed by atoms with Crippen molar-refractivity contribution in [1.82, 2.24) is 0 Å². The largest absolute Gasteiger partial charge is 0.497 e. The van der Waals surface area contributed by atoms with Crippen LogP contribution >= 0.6 is 23.4 Å². The van der Waals surface area contributed by atoms with Crippen LogP contribution in [0.3, 0.4) is 0 Å². The third-order valence-electron chi connectivity index (χ3n) is 3.18. The number of thioether (sulfide) groups is 1. The lowest BCUT2D eigenvalue weighted by Crippen LogP contribution is -1.95. The van der Waals surface area contributed by atoms with Crippen LogP contribution in [0.1, 0.15) is 21.5 Å². The average Bonchev–Trinajstić information content (AvgIpc) is 2.53. The number of hydrogen-bond acceptors (Lipinski definition) is 3. The monoisotopic (exact) mass is 320 g/mol. The van der Waals surface area contributed by atoms with E-state index in [0.717, 1.165) is 35.5 Å². The minimum Gasteiger partial charge on any atom is -0.497 e. The van der Waals surface area contributed by atoms with E-state index in [9.17, 15) is 4.79 Å². The quantitative estimate of drug-likeness (QED) is 0.549. The molecule has 0 spiro atoms. The Morgan fingerprint density at radius 1 is 1.19 bits per heavy atom. The summed E-state index contributed by atoms with van der Waals surface area (Å²) in [5.41, 5.74) is 3.01. The number of carbonyl (C=O) groups excluding carboxylic acids is 1. The molecule has 0 aliphatic rings. The highest BCUT2D eigenvalue weighted by molar-refractivity contribution is 7.98. The van der Waals surface area contributed by atoms with Crippen molar-refractivity contribution in [3.63, 3.8) is 0 Å². The summed E-state index contributed by atoms with van der Waals surface area (Å²) in [6.07, 6.45) is 1.74. The molecule has 2 rings (SSSR count). The third-order valence-corrected chi connectivity index (χ3v) is 4.44. The Morgan fingerprint density at radius 3 is 2.62 bits per heavy atom. The highest BCUT2D eigenvalue weighted by Gasteiger charge is 2.03. The molecule has 0 N–H and O–H groups in total. The minimum atomic E-state index is 0.603. The first-order chi connectivity index (χ1) is 10.2. The summed E-state index contributed by atoms with van der Waals surface area (Å²) in [6, 6.07) is 13.6. The van der Waals surface area contributed by atoms with E-state index >= 15 is 0 Å². The maximum Gasteiger partial charge on any atom is 0.150 e. The molecule has 0 radical (unpaired) electrons.